The summed E-state index contributed by atoms with van der Waals surface area (Å²) in [5.41, 5.74) is 0.806. The Bertz CT molecular complexity index is 579. The molecule has 0 N–H and O–H groups in total. The topological polar surface area (TPSA) is 46.6 Å². The zero-order valence-electron chi connectivity index (χ0n) is 11.2. The summed E-state index contributed by atoms with van der Waals surface area (Å²) < 4.78 is 41.2. The number of ether oxygens (including phenoxy) is 1. The first-order valence-electron chi connectivity index (χ1n) is 6.32. The molecule has 112 valence electrons. The van der Waals surface area contributed by atoms with Crippen LogP contribution >= 0.6 is 11.6 Å². The zero-order chi connectivity index (χ0) is 14.8. The van der Waals surface area contributed by atoms with Crippen LogP contribution in [0.25, 0.3) is 0 Å². The Morgan fingerprint density at radius 1 is 1.50 bits per heavy atom. The third kappa shape index (κ3) is 4.41. The normalized spacial score (nSPS) is 21.1. The Kier molecular flexibility index (Phi) is 5.01. The highest BCUT2D eigenvalue weighted by Crippen LogP contribution is 2.26. The Hall–Kier alpha value is -0.690. The molecule has 7 heteroatoms. The van der Waals surface area contributed by atoms with Crippen LogP contribution in [0, 0.1) is 5.82 Å². The van der Waals surface area contributed by atoms with Gasteiger partial charge in [-0.25, -0.2) is 12.8 Å². The van der Waals surface area contributed by atoms with Gasteiger partial charge < -0.3 is 4.74 Å². The summed E-state index contributed by atoms with van der Waals surface area (Å²) in [6.45, 7) is 2.27. The van der Waals surface area contributed by atoms with E-state index in [1.54, 1.807) is 12.1 Å². The Balaban J connectivity index is 2.01. The SMILES string of the molecule is CS(=O)(=O)CCN1CCOC(c2ccc(F)c(Cl)c2)C1. The summed E-state index contributed by atoms with van der Waals surface area (Å²) >= 11 is 5.77. The Morgan fingerprint density at radius 3 is 2.90 bits per heavy atom. The largest absolute Gasteiger partial charge is 0.371 e. The molecule has 1 aromatic carbocycles. The van der Waals surface area contributed by atoms with E-state index in [2.05, 4.69) is 0 Å². The lowest BCUT2D eigenvalue weighted by atomic mass is 10.1. The molecule has 0 aliphatic carbocycles. The van der Waals surface area contributed by atoms with Crippen molar-refractivity contribution in [2.45, 2.75) is 6.10 Å². The summed E-state index contributed by atoms with van der Waals surface area (Å²) in [6, 6.07) is 4.52. The molecule has 1 unspecified atom stereocenters. The summed E-state index contributed by atoms with van der Waals surface area (Å²) in [6.07, 6.45) is 1.02. The highest BCUT2D eigenvalue weighted by Gasteiger charge is 2.23. The summed E-state index contributed by atoms with van der Waals surface area (Å²) in [7, 11) is -2.97. The number of halogens is 2. The number of rotatable bonds is 4. The third-order valence-electron chi connectivity index (χ3n) is 3.24. The number of benzene rings is 1. The monoisotopic (exact) mass is 321 g/mol. The lowest BCUT2D eigenvalue weighted by Gasteiger charge is -2.33. The van der Waals surface area contributed by atoms with Gasteiger partial charge >= 0.3 is 0 Å². The molecule has 0 aromatic heterocycles. The van der Waals surface area contributed by atoms with Crippen LogP contribution < -0.4 is 0 Å². The van der Waals surface area contributed by atoms with Crippen molar-refractivity contribution in [2.24, 2.45) is 0 Å². The molecule has 1 aliphatic rings. The minimum absolute atomic E-state index is 0.0689. The van der Waals surface area contributed by atoms with Gasteiger partial charge in [-0.3, -0.25) is 4.90 Å². The highest BCUT2D eigenvalue weighted by molar-refractivity contribution is 7.90. The quantitative estimate of drug-likeness (QED) is 0.850. The van der Waals surface area contributed by atoms with E-state index in [0.717, 1.165) is 5.56 Å². The van der Waals surface area contributed by atoms with Crippen LogP contribution in [0.3, 0.4) is 0 Å². The van der Waals surface area contributed by atoms with Gasteiger partial charge in [-0.05, 0) is 17.7 Å². The molecular formula is C13H17ClFNO3S. The molecule has 1 aliphatic heterocycles. The zero-order valence-corrected chi connectivity index (χ0v) is 12.8. The van der Waals surface area contributed by atoms with E-state index in [4.69, 9.17) is 16.3 Å². The first kappa shape index (κ1) is 15.7. The van der Waals surface area contributed by atoms with Crippen LogP contribution in [0.5, 0.6) is 0 Å². The van der Waals surface area contributed by atoms with Gasteiger partial charge in [-0.2, -0.15) is 0 Å². The molecule has 4 nitrogen and oxygen atoms in total. The molecule has 0 saturated carbocycles. The maximum Gasteiger partial charge on any atom is 0.148 e. The van der Waals surface area contributed by atoms with Gasteiger partial charge in [0.25, 0.3) is 0 Å². The predicted molar refractivity (Wildman–Crippen MR) is 76.3 cm³/mol. The smallest absolute Gasteiger partial charge is 0.148 e. The van der Waals surface area contributed by atoms with E-state index < -0.39 is 15.7 Å². The minimum Gasteiger partial charge on any atom is -0.371 e. The first-order valence-corrected chi connectivity index (χ1v) is 8.75. The van der Waals surface area contributed by atoms with Crippen molar-refractivity contribution in [2.75, 3.05) is 38.2 Å². The standard InChI is InChI=1S/C13H17ClFNO3S/c1-20(17,18)7-5-16-4-6-19-13(9-16)10-2-3-12(15)11(14)8-10/h2-3,8,13H,4-7,9H2,1H3. The van der Waals surface area contributed by atoms with Gasteiger partial charge in [0, 0.05) is 25.9 Å². The molecule has 1 saturated heterocycles. The summed E-state index contributed by atoms with van der Waals surface area (Å²) in [5, 5.41) is 0.0689. The molecule has 2 rings (SSSR count). The van der Waals surface area contributed by atoms with Crippen LogP contribution in [0.15, 0.2) is 18.2 Å². The van der Waals surface area contributed by atoms with Crippen molar-refractivity contribution in [1.82, 2.24) is 4.90 Å². The minimum atomic E-state index is -2.97. The van der Waals surface area contributed by atoms with Crippen LogP contribution in [0.2, 0.25) is 5.02 Å². The number of morpholine rings is 1. The fraction of sp³-hybridized carbons (Fsp3) is 0.538. The highest BCUT2D eigenvalue weighted by atomic mass is 35.5. The molecule has 0 spiro atoms. The Labute approximate surface area is 123 Å². The first-order chi connectivity index (χ1) is 9.35. The molecule has 1 atom stereocenters. The molecular weight excluding hydrogens is 305 g/mol. The van der Waals surface area contributed by atoms with Crippen molar-refractivity contribution in [3.05, 3.63) is 34.6 Å². The van der Waals surface area contributed by atoms with Crippen LogP contribution in [0.1, 0.15) is 11.7 Å². The second-order valence-corrected chi connectivity index (χ2v) is 7.63. The van der Waals surface area contributed by atoms with Gasteiger partial charge in [0.1, 0.15) is 15.7 Å². The molecule has 1 fully saturated rings. The van der Waals surface area contributed by atoms with Gasteiger partial charge in [0.2, 0.25) is 0 Å². The fourth-order valence-electron chi connectivity index (χ4n) is 2.11. The lowest BCUT2D eigenvalue weighted by molar-refractivity contribution is -0.0279. The molecule has 0 radical (unpaired) electrons. The van der Waals surface area contributed by atoms with Crippen molar-refractivity contribution >= 4 is 21.4 Å². The van der Waals surface area contributed by atoms with Gasteiger partial charge in [-0.15, -0.1) is 0 Å². The molecule has 0 amide bonds. The van der Waals surface area contributed by atoms with Crippen molar-refractivity contribution in [3.63, 3.8) is 0 Å². The summed E-state index contributed by atoms with van der Waals surface area (Å²) in [5.74, 6) is -0.329. The van der Waals surface area contributed by atoms with E-state index in [-0.39, 0.29) is 16.9 Å². The van der Waals surface area contributed by atoms with Gasteiger partial charge in [0.05, 0.1) is 23.5 Å². The van der Waals surface area contributed by atoms with Crippen LogP contribution in [-0.2, 0) is 14.6 Å². The van der Waals surface area contributed by atoms with E-state index in [1.165, 1.54) is 12.3 Å². The number of sulfone groups is 1. The van der Waals surface area contributed by atoms with E-state index in [0.29, 0.717) is 26.2 Å². The Morgan fingerprint density at radius 2 is 2.25 bits per heavy atom. The van der Waals surface area contributed by atoms with Crippen molar-refractivity contribution in [1.29, 1.82) is 0 Å². The van der Waals surface area contributed by atoms with Crippen molar-refractivity contribution < 1.29 is 17.5 Å². The van der Waals surface area contributed by atoms with Gasteiger partial charge in [0.15, 0.2) is 0 Å². The maximum atomic E-state index is 13.1. The van der Waals surface area contributed by atoms with Crippen LogP contribution in [-0.4, -0.2) is 51.6 Å². The number of nitrogens with zero attached hydrogens (tertiary/aromatic N) is 1. The van der Waals surface area contributed by atoms with E-state index in [1.807, 2.05) is 4.90 Å². The predicted octanol–water partition coefficient (Wildman–Crippen LogP) is 1.90. The molecule has 20 heavy (non-hydrogen) atoms. The fourth-order valence-corrected chi connectivity index (χ4v) is 2.89. The molecule has 0 bridgehead atoms. The second kappa shape index (κ2) is 6.39. The third-order valence-corrected chi connectivity index (χ3v) is 4.46. The average Bonchev–Trinajstić information content (AvgIpc) is 2.39. The van der Waals surface area contributed by atoms with Gasteiger partial charge in [-0.1, -0.05) is 17.7 Å². The number of hydrogen-bond acceptors (Lipinski definition) is 4. The summed E-state index contributed by atoms with van der Waals surface area (Å²) in [4.78, 5) is 2.03. The van der Waals surface area contributed by atoms with Crippen LogP contribution in [0.4, 0.5) is 4.39 Å². The number of hydrogen-bond donors (Lipinski definition) is 0. The average molecular weight is 322 g/mol. The maximum absolute atomic E-state index is 13.1. The van der Waals surface area contributed by atoms with Crippen molar-refractivity contribution in [3.8, 4) is 0 Å². The lowest BCUT2D eigenvalue weighted by Crippen LogP contribution is -2.40. The van der Waals surface area contributed by atoms with E-state index >= 15 is 0 Å². The van der Waals surface area contributed by atoms with E-state index in [9.17, 15) is 12.8 Å². The second-order valence-electron chi connectivity index (χ2n) is 4.96. The molecule has 1 aromatic rings. The molecule has 1 heterocycles.